The molecule has 6 nitrogen and oxygen atoms in total. The summed E-state index contributed by atoms with van der Waals surface area (Å²) in [6.45, 7) is 3.75. The number of halogens is 2. The lowest BCUT2D eigenvalue weighted by atomic mass is 10.3. The third kappa shape index (κ3) is 4.65. The van der Waals surface area contributed by atoms with Gasteiger partial charge in [0.2, 0.25) is 15.9 Å². The molecule has 0 aliphatic carbocycles. The Hall–Kier alpha value is -1.19. The van der Waals surface area contributed by atoms with Crippen LogP contribution in [-0.4, -0.2) is 26.9 Å². The summed E-state index contributed by atoms with van der Waals surface area (Å²) in [4.78, 5) is 11.4. The summed E-state index contributed by atoms with van der Waals surface area (Å²) in [5.41, 5.74) is 5.30. The summed E-state index contributed by atoms with van der Waals surface area (Å²) in [5.74, 6) is -1.11. The fourth-order valence-corrected chi connectivity index (χ4v) is 3.36. The third-order valence-corrected chi connectivity index (χ3v) is 4.82. The van der Waals surface area contributed by atoms with Crippen molar-refractivity contribution in [3.63, 3.8) is 0 Å². The van der Waals surface area contributed by atoms with Gasteiger partial charge in [0.1, 0.15) is 10.7 Å². The van der Waals surface area contributed by atoms with Crippen LogP contribution < -0.4 is 15.8 Å². The minimum Gasteiger partial charge on any atom is -0.398 e. The predicted octanol–water partition coefficient (Wildman–Crippen LogP) is 1.36. The molecule has 0 saturated carbocycles. The highest BCUT2D eigenvalue weighted by atomic mass is 79.9. The molecule has 1 unspecified atom stereocenters. The molecule has 1 aromatic carbocycles. The number of nitrogens with one attached hydrogen (secondary N) is 2. The average Bonchev–Trinajstić information content (AvgIpc) is 2.39. The van der Waals surface area contributed by atoms with Gasteiger partial charge < -0.3 is 11.1 Å². The number of hydrogen-bond donors (Lipinski definition) is 3. The maximum atomic E-state index is 13.3. The summed E-state index contributed by atoms with van der Waals surface area (Å²) in [6.07, 6.45) is 0.739. The average molecular weight is 382 g/mol. The van der Waals surface area contributed by atoms with E-state index in [1.807, 2.05) is 6.92 Å². The number of sulfonamides is 1. The van der Waals surface area contributed by atoms with Crippen LogP contribution >= 0.6 is 15.9 Å². The van der Waals surface area contributed by atoms with Crippen molar-refractivity contribution in [3.05, 3.63) is 22.4 Å². The molecule has 1 aromatic rings. The van der Waals surface area contributed by atoms with Crippen LogP contribution in [0.5, 0.6) is 0 Å². The van der Waals surface area contributed by atoms with Crippen molar-refractivity contribution in [1.29, 1.82) is 0 Å². The second kappa shape index (κ2) is 7.19. The maximum Gasteiger partial charge on any atom is 0.243 e. The van der Waals surface area contributed by atoms with Gasteiger partial charge in [0.15, 0.2) is 0 Å². The number of carbonyl (C=O) groups is 1. The fraction of sp³-hybridized carbons (Fsp3) is 0.417. The molecule has 0 bridgehead atoms. The first kappa shape index (κ1) is 17.9. The molecule has 1 rings (SSSR count). The molecular weight excluding hydrogens is 365 g/mol. The zero-order valence-corrected chi connectivity index (χ0v) is 14.0. The van der Waals surface area contributed by atoms with Crippen molar-refractivity contribution >= 4 is 37.5 Å². The van der Waals surface area contributed by atoms with Gasteiger partial charge in [-0.2, -0.15) is 4.72 Å². The number of rotatable bonds is 6. The lowest BCUT2D eigenvalue weighted by Gasteiger charge is -2.15. The molecular formula is C12H17BrFN3O3S. The molecule has 1 amide bonds. The SMILES string of the molecule is CCCNC(=O)C(C)NS(=O)(=O)c1cc(Br)c(F)cc1N. The highest BCUT2D eigenvalue weighted by Crippen LogP contribution is 2.26. The van der Waals surface area contributed by atoms with Crippen molar-refractivity contribution in [2.24, 2.45) is 0 Å². The van der Waals surface area contributed by atoms with E-state index in [1.54, 1.807) is 0 Å². The largest absolute Gasteiger partial charge is 0.398 e. The van der Waals surface area contributed by atoms with Gasteiger partial charge in [-0.3, -0.25) is 4.79 Å². The lowest BCUT2D eigenvalue weighted by Crippen LogP contribution is -2.45. The minimum absolute atomic E-state index is 0.0276. The van der Waals surface area contributed by atoms with Crippen molar-refractivity contribution in [1.82, 2.24) is 10.0 Å². The monoisotopic (exact) mass is 381 g/mol. The van der Waals surface area contributed by atoms with E-state index >= 15 is 0 Å². The molecule has 9 heteroatoms. The molecule has 21 heavy (non-hydrogen) atoms. The number of hydrogen-bond acceptors (Lipinski definition) is 4. The fourth-order valence-electron chi connectivity index (χ4n) is 1.53. The standard InChI is InChI=1S/C12H17BrFN3O3S/c1-3-4-16-12(18)7(2)17-21(19,20)11-5-8(13)9(14)6-10(11)15/h5-7,17H,3-4,15H2,1-2H3,(H,16,18). The number of nitrogen functional groups attached to an aromatic ring is 1. The summed E-state index contributed by atoms with van der Waals surface area (Å²) in [5, 5.41) is 2.57. The molecule has 0 fully saturated rings. The van der Waals surface area contributed by atoms with Crippen molar-refractivity contribution < 1.29 is 17.6 Å². The normalized spacial score (nSPS) is 13.0. The van der Waals surface area contributed by atoms with Crippen molar-refractivity contribution in [2.45, 2.75) is 31.2 Å². The zero-order valence-electron chi connectivity index (χ0n) is 11.6. The molecule has 0 aliphatic heterocycles. The summed E-state index contributed by atoms with van der Waals surface area (Å²) >= 11 is 2.90. The van der Waals surface area contributed by atoms with Crippen LogP contribution in [0.25, 0.3) is 0 Å². The Morgan fingerprint density at radius 3 is 2.67 bits per heavy atom. The van der Waals surface area contributed by atoms with Gasteiger partial charge in [-0.05, 0) is 41.4 Å². The number of benzene rings is 1. The second-order valence-corrected chi connectivity index (χ2v) is 6.97. The van der Waals surface area contributed by atoms with Gasteiger partial charge in [0, 0.05) is 6.54 Å². The van der Waals surface area contributed by atoms with Crippen molar-refractivity contribution in [3.8, 4) is 0 Å². The van der Waals surface area contributed by atoms with Crippen LogP contribution in [0.4, 0.5) is 10.1 Å². The van der Waals surface area contributed by atoms with Crippen LogP contribution in [0.3, 0.4) is 0 Å². The number of anilines is 1. The first-order valence-electron chi connectivity index (χ1n) is 6.23. The molecule has 0 saturated heterocycles. The molecule has 1 atom stereocenters. The van der Waals surface area contributed by atoms with Crippen LogP contribution in [-0.2, 0) is 14.8 Å². The van der Waals surface area contributed by atoms with E-state index in [0.29, 0.717) is 6.54 Å². The van der Waals surface area contributed by atoms with Crippen LogP contribution in [0, 0.1) is 5.82 Å². The van der Waals surface area contributed by atoms with E-state index in [1.165, 1.54) is 6.92 Å². The summed E-state index contributed by atoms with van der Waals surface area (Å²) in [7, 11) is -4.03. The topological polar surface area (TPSA) is 101 Å². The Bertz CT molecular complexity index is 637. The molecule has 4 N–H and O–H groups in total. The molecule has 0 radical (unpaired) electrons. The second-order valence-electron chi connectivity index (χ2n) is 4.44. The quantitative estimate of drug-likeness (QED) is 0.647. The van der Waals surface area contributed by atoms with E-state index in [2.05, 4.69) is 26.0 Å². The molecule has 0 heterocycles. The minimum atomic E-state index is -4.03. The zero-order chi connectivity index (χ0) is 16.2. The number of amides is 1. The Morgan fingerprint density at radius 2 is 2.10 bits per heavy atom. The lowest BCUT2D eigenvalue weighted by molar-refractivity contribution is -0.122. The van der Waals surface area contributed by atoms with E-state index in [9.17, 15) is 17.6 Å². The maximum absolute atomic E-state index is 13.3. The van der Waals surface area contributed by atoms with Gasteiger partial charge in [-0.1, -0.05) is 6.92 Å². The molecule has 0 aromatic heterocycles. The Balaban J connectivity index is 2.97. The summed E-state index contributed by atoms with van der Waals surface area (Å²) < 4.78 is 39.8. The van der Waals surface area contributed by atoms with Crippen molar-refractivity contribution in [2.75, 3.05) is 12.3 Å². The third-order valence-electron chi connectivity index (χ3n) is 2.62. The Kier molecular flexibility index (Phi) is 6.11. The molecule has 118 valence electrons. The first-order chi connectivity index (χ1) is 9.69. The summed E-state index contributed by atoms with van der Waals surface area (Å²) in [6, 6.07) is 0.995. The highest BCUT2D eigenvalue weighted by Gasteiger charge is 2.24. The van der Waals surface area contributed by atoms with Gasteiger partial charge >= 0.3 is 0 Å². The molecule has 0 spiro atoms. The van der Waals surface area contributed by atoms with Gasteiger partial charge in [-0.15, -0.1) is 0 Å². The first-order valence-corrected chi connectivity index (χ1v) is 8.51. The van der Waals surface area contributed by atoms with Gasteiger partial charge in [-0.25, -0.2) is 12.8 Å². The van der Waals surface area contributed by atoms with Gasteiger partial charge in [0.05, 0.1) is 16.2 Å². The Labute approximate surface area is 131 Å². The number of carbonyl (C=O) groups excluding carboxylic acids is 1. The Morgan fingerprint density at radius 1 is 1.48 bits per heavy atom. The highest BCUT2D eigenvalue weighted by molar-refractivity contribution is 9.10. The van der Waals surface area contributed by atoms with Crippen LogP contribution in [0.15, 0.2) is 21.5 Å². The predicted molar refractivity (Wildman–Crippen MR) is 81.6 cm³/mol. The van der Waals surface area contributed by atoms with E-state index < -0.39 is 27.8 Å². The van der Waals surface area contributed by atoms with Gasteiger partial charge in [0.25, 0.3) is 0 Å². The number of nitrogens with two attached hydrogens (primary N) is 1. The van der Waals surface area contributed by atoms with Crippen LogP contribution in [0.2, 0.25) is 0 Å². The van der Waals surface area contributed by atoms with E-state index in [-0.39, 0.29) is 15.1 Å². The smallest absolute Gasteiger partial charge is 0.243 e. The van der Waals surface area contributed by atoms with Crippen LogP contribution in [0.1, 0.15) is 20.3 Å². The molecule has 0 aliphatic rings. The van der Waals surface area contributed by atoms with E-state index in [4.69, 9.17) is 5.73 Å². The van der Waals surface area contributed by atoms with E-state index in [0.717, 1.165) is 18.6 Å².